The van der Waals surface area contributed by atoms with E-state index < -0.39 is 12.2 Å². The van der Waals surface area contributed by atoms with Gasteiger partial charge in [-0.05, 0) is 49.2 Å². The largest absolute Gasteiger partial charge is 0.497 e. The number of ether oxygens (including phenoxy) is 2. The summed E-state index contributed by atoms with van der Waals surface area (Å²) in [5, 5.41) is 2.84. The van der Waals surface area contributed by atoms with Crippen molar-refractivity contribution in [2.24, 2.45) is 0 Å². The van der Waals surface area contributed by atoms with Crippen LogP contribution in [0.4, 0.5) is 10.5 Å². The van der Waals surface area contributed by atoms with Crippen LogP contribution in [0.2, 0.25) is 0 Å². The number of rotatable bonds is 5. The molecule has 6 heteroatoms. The summed E-state index contributed by atoms with van der Waals surface area (Å²) in [4.78, 5) is 26.0. The van der Waals surface area contributed by atoms with Gasteiger partial charge in [-0.1, -0.05) is 12.1 Å². The van der Waals surface area contributed by atoms with E-state index >= 15 is 0 Å². The highest BCUT2D eigenvalue weighted by molar-refractivity contribution is 5.94. The molecule has 136 valence electrons. The smallest absolute Gasteiger partial charge is 0.414 e. The molecule has 1 atom stereocenters. The quantitative estimate of drug-likeness (QED) is 0.896. The second-order valence-electron chi connectivity index (χ2n) is 6.33. The first kappa shape index (κ1) is 17.8. The zero-order valence-corrected chi connectivity index (χ0v) is 15.1. The third kappa shape index (κ3) is 3.79. The van der Waals surface area contributed by atoms with E-state index in [2.05, 4.69) is 5.32 Å². The summed E-state index contributed by atoms with van der Waals surface area (Å²) in [5.41, 5.74) is 3.51. The predicted octanol–water partition coefficient (Wildman–Crippen LogP) is 3.07. The van der Waals surface area contributed by atoms with Crippen LogP contribution in [0.1, 0.15) is 21.5 Å². The van der Waals surface area contributed by atoms with Crippen molar-refractivity contribution >= 4 is 17.7 Å². The Hall–Kier alpha value is -3.02. The Morgan fingerprint density at radius 2 is 2.04 bits per heavy atom. The molecular formula is C20H22N2O4. The molecule has 1 unspecified atom stereocenters. The Morgan fingerprint density at radius 1 is 1.23 bits per heavy atom. The van der Waals surface area contributed by atoms with Gasteiger partial charge in [0.15, 0.2) is 0 Å². The van der Waals surface area contributed by atoms with Crippen molar-refractivity contribution in [3.8, 4) is 5.75 Å². The van der Waals surface area contributed by atoms with E-state index in [1.165, 1.54) is 4.90 Å². The van der Waals surface area contributed by atoms with Gasteiger partial charge in [-0.25, -0.2) is 4.79 Å². The first-order chi connectivity index (χ1) is 12.5. The van der Waals surface area contributed by atoms with E-state index in [-0.39, 0.29) is 12.5 Å². The first-order valence-corrected chi connectivity index (χ1v) is 8.45. The van der Waals surface area contributed by atoms with Crippen LogP contribution in [-0.4, -0.2) is 38.3 Å². The lowest BCUT2D eigenvalue weighted by Gasteiger charge is -2.14. The minimum atomic E-state index is -0.427. The van der Waals surface area contributed by atoms with E-state index in [0.29, 0.717) is 23.5 Å². The van der Waals surface area contributed by atoms with Gasteiger partial charge in [-0.3, -0.25) is 9.69 Å². The molecule has 1 fully saturated rings. The summed E-state index contributed by atoms with van der Waals surface area (Å²) in [7, 11) is 1.58. The molecule has 1 N–H and O–H groups in total. The Balaban J connectivity index is 1.60. The maximum absolute atomic E-state index is 12.3. The van der Waals surface area contributed by atoms with E-state index in [1.54, 1.807) is 19.2 Å². The van der Waals surface area contributed by atoms with E-state index in [0.717, 1.165) is 11.1 Å². The fourth-order valence-corrected chi connectivity index (χ4v) is 2.81. The molecule has 6 nitrogen and oxygen atoms in total. The van der Waals surface area contributed by atoms with Crippen molar-refractivity contribution in [1.82, 2.24) is 5.32 Å². The van der Waals surface area contributed by atoms with Crippen LogP contribution in [0.3, 0.4) is 0 Å². The lowest BCUT2D eigenvalue weighted by atomic mass is 10.1. The number of nitrogens with zero attached hydrogens (tertiary/aromatic N) is 1. The standard InChI is InChI=1S/C20H22N2O4/c1-13-7-8-15(9-14(13)2)19(23)21-11-18-12-22(20(24)26-18)16-5-4-6-17(10-16)25-3/h4-10,18H,11-12H2,1-3H3,(H,21,23). The average molecular weight is 354 g/mol. The van der Waals surface area contributed by atoms with Crippen LogP contribution >= 0.6 is 0 Å². The lowest BCUT2D eigenvalue weighted by molar-refractivity contribution is 0.0916. The van der Waals surface area contributed by atoms with Crippen molar-refractivity contribution in [2.45, 2.75) is 20.0 Å². The zero-order valence-electron chi connectivity index (χ0n) is 15.1. The molecule has 1 saturated heterocycles. The van der Waals surface area contributed by atoms with Crippen LogP contribution in [-0.2, 0) is 4.74 Å². The highest BCUT2D eigenvalue weighted by Crippen LogP contribution is 2.25. The van der Waals surface area contributed by atoms with Crippen LogP contribution in [0.25, 0.3) is 0 Å². The monoisotopic (exact) mass is 354 g/mol. The number of anilines is 1. The molecule has 2 aromatic carbocycles. The molecule has 0 spiro atoms. The van der Waals surface area contributed by atoms with Crippen LogP contribution in [0.15, 0.2) is 42.5 Å². The highest BCUT2D eigenvalue weighted by Gasteiger charge is 2.32. The SMILES string of the molecule is COc1cccc(N2CC(CNC(=O)c3ccc(C)c(C)c3)OC2=O)c1. The number of nitrogens with one attached hydrogen (secondary N) is 1. The molecule has 3 rings (SSSR count). The van der Waals surface area contributed by atoms with Gasteiger partial charge in [-0.2, -0.15) is 0 Å². The molecule has 0 bridgehead atoms. The predicted molar refractivity (Wildman–Crippen MR) is 98.9 cm³/mol. The minimum absolute atomic E-state index is 0.177. The topological polar surface area (TPSA) is 67.9 Å². The van der Waals surface area contributed by atoms with Crippen LogP contribution in [0.5, 0.6) is 5.75 Å². The van der Waals surface area contributed by atoms with Gasteiger partial charge < -0.3 is 14.8 Å². The fraction of sp³-hybridized carbons (Fsp3) is 0.300. The number of hydrogen-bond acceptors (Lipinski definition) is 4. The van der Waals surface area contributed by atoms with E-state index in [1.807, 2.05) is 44.2 Å². The normalized spacial score (nSPS) is 16.3. The van der Waals surface area contributed by atoms with Crippen molar-refractivity contribution in [1.29, 1.82) is 0 Å². The van der Waals surface area contributed by atoms with Crippen molar-refractivity contribution in [2.75, 3.05) is 25.1 Å². The van der Waals surface area contributed by atoms with Crippen LogP contribution < -0.4 is 15.0 Å². The van der Waals surface area contributed by atoms with Gasteiger partial charge in [0.1, 0.15) is 11.9 Å². The number of aryl methyl sites for hydroxylation is 2. The molecule has 0 aliphatic carbocycles. The number of carbonyl (C=O) groups excluding carboxylic acids is 2. The van der Waals surface area contributed by atoms with Crippen molar-refractivity contribution in [3.05, 3.63) is 59.2 Å². The summed E-state index contributed by atoms with van der Waals surface area (Å²) in [5.74, 6) is 0.491. The third-order valence-electron chi connectivity index (χ3n) is 4.50. The first-order valence-electron chi connectivity index (χ1n) is 8.45. The number of methoxy groups -OCH3 is 1. The second-order valence-corrected chi connectivity index (χ2v) is 6.33. The van der Waals surface area contributed by atoms with E-state index in [9.17, 15) is 9.59 Å². The van der Waals surface area contributed by atoms with Crippen molar-refractivity contribution < 1.29 is 19.1 Å². The van der Waals surface area contributed by atoms with Crippen molar-refractivity contribution in [3.63, 3.8) is 0 Å². The summed E-state index contributed by atoms with van der Waals surface area (Å²) >= 11 is 0. The van der Waals surface area contributed by atoms with E-state index in [4.69, 9.17) is 9.47 Å². The molecule has 1 aliphatic rings. The molecule has 0 aromatic heterocycles. The number of carbonyl (C=O) groups is 2. The maximum atomic E-state index is 12.3. The van der Waals surface area contributed by atoms with Gasteiger partial charge >= 0.3 is 6.09 Å². The number of amides is 2. The summed E-state index contributed by atoms with van der Waals surface area (Å²) in [6, 6.07) is 12.8. The average Bonchev–Trinajstić information content (AvgIpc) is 3.02. The second kappa shape index (κ2) is 7.47. The van der Waals surface area contributed by atoms with Gasteiger partial charge in [0.25, 0.3) is 5.91 Å². The molecule has 1 aliphatic heterocycles. The summed E-state index contributed by atoms with van der Waals surface area (Å²) < 4.78 is 10.5. The molecule has 2 amide bonds. The lowest BCUT2D eigenvalue weighted by Crippen LogP contribution is -2.34. The van der Waals surface area contributed by atoms with Gasteiger partial charge in [0.2, 0.25) is 0 Å². The Bertz CT molecular complexity index is 834. The van der Waals surface area contributed by atoms with Gasteiger partial charge in [0.05, 0.1) is 25.9 Å². The Kier molecular flexibility index (Phi) is 5.11. The minimum Gasteiger partial charge on any atom is -0.497 e. The Labute approximate surface area is 152 Å². The zero-order chi connectivity index (χ0) is 18.7. The molecule has 1 heterocycles. The summed E-state index contributed by atoms with van der Waals surface area (Å²) in [6.45, 7) is 4.61. The van der Waals surface area contributed by atoms with Gasteiger partial charge in [-0.15, -0.1) is 0 Å². The highest BCUT2D eigenvalue weighted by atomic mass is 16.6. The Morgan fingerprint density at radius 3 is 2.77 bits per heavy atom. The molecule has 26 heavy (non-hydrogen) atoms. The summed E-state index contributed by atoms with van der Waals surface area (Å²) in [6.07, 6.45) is -0.826. The van der Waals surface area contributed by atoms with Gasteiger partial charge in [0, 0.05) is 11.6 Å². The molecule has 2 aromatic rings. The number of cyclic esters (lactones) is 1. The van der Waals surface area contributed by atoms with Crippen LogP contribution in [0, 0.1) is 13.8 Å². The fourth-order valence-electron chi connectivity index (χ4n) is 2.81. The molecule has 0 saturated carbocycles. The number of hydrogen-bond donors (Lipinski definition) is 1. The maximum Gasteiger partial charge on any atom is 0.414 e. The molecule has 0 radical (unpaired) electrons. The number of benzene rings is 2. The third-order valence-corrected chi connectivity index (χ3v) is 4.50. The molecular weight excluding hydrogens is 332 g/mol.